The van der Waals surface area contributed by atoms with Gasteiger partial charge in [-0.3, -0.25) is 9.59 Å². The van der Waals surface area contributed by atoms with Crippen LogP contribution in [0.1, 0.15) is 21.5 Å². The maximum atomic E-state index is 13.0. The molecule has 0 saturated carbocycles. The van der Waals surface area contributed by atoms with Gasteiger partial charge in [-0.25, -0.2) is 8.42 Å². The molecule has 0 aliphatic carbocycles. The van der Waals surface area contributed by atoms with Crippen LogP contribution in [0.5, 0.6) is 0 Å². The number of anilines is 1. The Hall–Kier alpha value is -2.71. The summed E-state index contributed by atoms with van der Waals surface area (Å²) in [6, 6.07) is 12.1. The topological polar surface area (TPSA) is 86.8 Å². The quantitative estimate of drug-likeness (QED) is 0.850. The molecule has 1 saturated heterocycles. The van der Waals surface area contributed by atoms with Crippen molar-refractivity contribution in [2.75, 3.05) is 31.5 Å². The normalized spacial score (nSPS) is 17.3. The van der Waals surface area contributed by atoms with Gasteiger partial charge in [0, 0.05) is 37.4 Å². The molecule has 7 nitrogen and oxygen atoms in total. The fourth-order valence-electron chi connectivity index (χ4n) is 3.63. The highest BCUT2D eigenvalue weighted by molar-refractivity contribution is 7.89. The zero-order chi connectivity index (χ0) is 19.9. The molecule has 2 amide bonds. The second-order valence-corrected chi connectivity index (χ2v) is 8.99. The molecule has 28 heavy (non-hydrogen) atoms. The molecule has 2 aliphatic heterocycles. The van der Waals surface area contributed by atoms with Crippen molar-refractivity contribution >= 4 is 27.5 Å². The molecule has 0 unspecified atom stereocenters. The number of amides is 2. The van der Waals surface area contributed by atoms with E-state index in [2.05, 4.69) is 5.32 Å². The van der Waals surface area contributed by atoms with Gasteiger partial charge in [0.15, 0.2) is 0 Å². The van der Waals surface area contributed by atoms with Gasteiger partial charge >= 0.3 is 0 Å². The zero-order valence-corrected chi connectivity index (χ0v) is 16.3. The molecule has 0 spiro atoms. The fraction of sp³-hybridized carbons (Fsp3) is 0.300. The molecule has 0 bridgehead atoms. The van der Waals surface area contributed by atoms with Crippen LogP contribution in [-0.4, -0.2) is 55.6 Å². The lowest BCUT2D eigenvalue weighted by atomic mass is 10.1. The standard InChI is InChI=1S/C20H21N3O4S/c1-14-4-2-3-5-17(14)20(25)22-8-10-23(11-9-22)28(26,27)16-6-7-18-15(12-16)13-19(24)21-18/h2-7,12H,8-11,13H2,1H3,(H,21,24). The summed E-state index contributed by atoms with van der Waals surface area (Å²) in [5.74, 6) is -0.204. The molecule has 8 heteroatoms. The first-order valence-electron chi connectivity index (χ1n) is 9.14. The van der Waals surface area contributed by atoms with E-state index in [4.69, 9.17) is 0 Å². The van der Waals surface area contributed by atoms with Gasteiger partial charge in [0.2, 0.25) is 15.9 Å². The van der Waals surface area contributed by atoms with Crippen molar-refractivity contribution in [3.63, 3.8) is 0 Å². The number of rotatable bonds is 3. The summed E-state index contributed by atoms with van der Waals surface area (Å²) < 4.78 is 27.4. The van der Waals surface area contributed by atoms with Crippen molar-refractivity contribution in [1.29, 1.82) is 0 Å². The van der Waals surface area contributed by atoms with Gasteiger partial charge in [0.1, 0.15) is 0 Å². The Bertz CT molecular complexity index is 1060. The van der Waals surface area contributed by atoms with E-state index in [0.717, 1.165) is 5.56 Å². The van der Waals surface area contributed by atoms with E-state index >= 15 is 0 Å². The minimum absolute atomic E-state index is 0.0720. The molecule has 0 radical (unpaired) electrons. The molecular formula is C20H21N3O4S. The van der Waals surface area contributed by atoms with Crippen LogP contribution in [0.15, 0.2) is 47.4 Å². The zero-order valence-electron chi connectivity index (χ0n) is 15.5. The number of fused-ring (bicyclic) bond motifs is 1. The number of benzene rings is 2. The average Bonchev–Trinajstić information content (AvgIpc) is 3.07. The molecule has 0 atom stereocenters. The molecular weight excluding hydrogens is 378 g/mol. The Morgan fingerprint density at radius 3 is 2.46 bits per heavy atom. The van der Waals surface area contributed by atoms with Crippen molar-refractivity contribution in [2.45, 2.75) is 18.2 Å². The molecule has 1 N–H and O–H groups in total. The van der Waals surface area contributed by atoms with Crippen molar-refractivity contribution < 1.29 is 18.0 Å². The highest BCUT2D eigenvalue weighted by Crippen LogP contribution is 2.27. The first-order valence-corrected chi connectivity index (χ1v) is 10.6. The number of piperazine rings is 1. The third kappa shape index (κ3) is 3.29. The number of hydrogen-bond donors (Lipinski definition) is 1. The first-order chi connectivity index (χ1) is 13.4. The van der Waals surface area contributed by atoms with Gasteiger partial charge in [-0.15, -0.1) is 0 Å². The largest absolute Gasteiger partial charge is 0.336 e. The Kier molecular flexibility index (Phi) is 4.68. The number of nitrogens with zero attached hydrogens (tertiary/aromatic N) is 2. The third-order valence-corrected chi connectivity index (χ3v) is 7.14. The number of hydrogen-bond acceptors (Lipinski definition) is 4. The number of sulfonamides is 1. The Morgan fingerprint density at radius 2 is 1.75 bits per heavy atom. The summed E-state index contributed by atoms with van der Waals surface area (Å²) in [5, 5.41) is 2.70. The van der Waals surface area contributed by atoms with E-state index in [0.29, 0.717) is 29.9 Å². The van der Waals surface area contributed by atoms with E-state index in [1.54, 1.807) is 23.1 Å². The van der Waals surface area contributed by atoms with Crippen LogP contribution in [0.3, 0.4) is 0 Å². The highest BCUT2D eigenvalue weighted by Gasteiger charge is 2.31. The second kappa shape index (κ2) is 7.03. The fourth-order valence-corrected chi connectivity index (χ4v) is 5.10. The summed E-state index contributed by atoms with van der Waals surface area (Å²) >= 11 is 0. The van der Waals surface area contributed by atoms with E-state index in [-0.39, 0.29) is 36.2 Å². The molecule has 2 aromatic carbocycles. The van der Waals surface area contributed by atoms with E-state index in [1.807, 2.05) is 25.1 Å². The smallest absolute Gasteiger partial charge is 0.254 e. The number of carbonyl (C=O) groups excluding carboxylic acids is 2. The summed E-state index contributed by atoms with van der Waals surface area (Å²) in [7, 11) is -3.67. The van der Waals surface area contributed by atoms with Crippen LogP contribution in [0.2, 0.25) is 0 Å². The van der Waals surface area contributed by atoms with Crippen molar-refractivity contribution in [1.82, 2.24) is 9.21 Å². The maximum absolute atomic E-state index is 13.0. The summed E-state index contributed by atoms with van der Waals surface area (Å²) in [6.45, 7) is 3.07. The monoisotopic (exact) mass is 399 g/mol. The van der Waals surface area contributed by atoms with Crippen LogP contribution in [0.4, 0.5) is 5.69 Å². The lowest BCUT2D eigenvalue weighted by Crippen LogP contribution is -2.50. The first kappa shape index (κ1) is 18.6. The molecule has 2 heterocycles. The predicted molar refractivity (Wildman–Crippen MR) is 105 cm³/mol. The van der Waals surface area contributed by atoms with Gasteiger partial charge < -0.3 is 10.2 Å². The van der Waals surface area contributed by atoms with Gasteiger partial charge in [0.05, 0.1) is 11.3 Å². The second-order valence-electron chi connectivity index (χ2n) is 7.06. The Morgan fingerprint density at radius 1 is 1.04 bits per heavy atom. The third-order valence-electron chi connectivity index (χ3n) is 5.24. The molecule has 0 aromatic heterocycles. The van der Waals surface area contributed by atoms with Gasteiger partial charge in [-0.05, 0) is 42.3 Å². The minimum Gasteiger partial charge on any atom is -0.336 e. The summed E-state index contributed by atoms with van der Waals surface area (Å²) in [5.41, 5.74) is 2.91. The van der Waals surface area contributed by atoms with Crippen LogP contribution >= 0.6 is 0 Å². The molecule has 2 aliphatic rings. The van der Waals surface area contributed by atoms with Gasteiger partial charge in [-0.1, -0.05) is 18.2 Å². The number of aryl methyl sites for hydroxylation is 1. The highest BCUT2D eigenvalue weighted by atomic mass is 32.2. The van der Waals surface area contributed by atoms with Crippen LogP contribution in [0.25, 0.3) is 0 Å². The SMILES string of the molecule is Cc1ccccc1C(=O)N1CCN(S(=O)(=O)c2ccc3c(c2)CC(=O)N3)CC1. The predicted octanol–water partition coefficient (Wildman–Crippen LogP) is 1.64. The van der Waals surface area contributed by atoms with Gasteiger partial charge in [-0.2, -0.15) is 4.31 Å². The lowest BCUT2D eigenvalue weighted by Gasteiger charge is -2.34. The Labute approximate surface area is 164 Å². The maximum Gasteiger partial charge on any atom is 0.254 e. The van der Waals surface area contributed by atoms with Gasteiger partial charge in [0.25, 0.3) is 5.91 Å². The molecule has 1 fully saturated rings. The average molecular weight is 399 g/mol. The van der Waals surface area contributed by atoms with Crippen molar-refractivity contribution in [3.8, 4) is 0 Å². The van der Waals surface area contributed by atoms with Crippen LogP contribution in [0, 0.1) is 6.92 Å². The minimum atomic E-state index is -3.67. The lowest BCUT2D eigenvalue weighted by molar-refractivity contribution is -0.115. The number of carbonyl (C=O) groups is 2. The number of nitrogens with one attached hydrogen (secondary N) is 1. The van der Waals surface area contributed by atoms with Crippen LogP contribution < -0.4 is 5.32 Å². The van der Waals surface area contributed by atoms with Crippen LogP contribution in [-0.2, 0) is 21.2 Å². The van der Waals surface area contributed by atoms with E-state index in [1.165, 1.54) is 10.4 Å². The Balaban J connectivity index is 1.48. The van der Waals surface area contributed by atoms with E-state index < -0.39 is 10.0 Å². The molecule has 146 valence electrons. The molecule has 4 rings (SSSR count). The molecule has 2 aromatic rings. The van der Waals surface area contributed by atoms with Crippen molar-refractivity contribution in [3.05, 3.63) is 59.2 Å². The van der Waals surface area contributed by atoms with E-state index in [9.17, 15) is 18.0 Å². The summed E-state index contributed by atoms with van der Waals surface area (Å²) in [6.07, 6.45) is 0.192. The van der Waals surface area contributed by atoms with Crippen molar-refractivity contribution in [2.24, 2.45) is 0 Å². The summed E-state index contributed by atoms with van der Waals surface area (Å²) in [4.78, 5) is 26.1.